The summed E-state index contributed by atoms with van der Waals surface area (Å²) in [6, 6.07) is 24.0. The second-order valence-corrected chi connectivity index (χ2v) is 21.4. The molecule has 1 atom stereocenters. The molecular weight excluding hydrogens is 987 g/mol. The van der Waals surface area contributed by atoms with Gasteiger partial charge in [0.25, 0.3) is 0 Å². The van der Waals surface area contributed by atoms with E-state index in [1.165, 1.54) is 21.3 Å². The van der Waals surface area contributed by atoms with E-state index in [0.717, 1.165) is 0 Å². The molecular formula is C58H56F12NO3+. The number of methoxy groups -OCH3 is 3. The van der Waals surface area contributed by atoms with Crippen LogP contribution in [0.3, 0.4) is 0 Å². The number of rotatable bonds is 8. The van der Waals surface area contributed by atoms with Gasteiger partial charge < -0.3 is 18.7 Å². The van der Waals surface area contributed by atoms with Crippen molar-refractivity contribution >= 4 is 0 Å². The van der Waals surface area contributed by atoms with Crippen LogP contribution in [0.2, 0.25) is 0 Å². The molecule has 0 aromatic heterocycles. The van der Waals surface area contributed by atoms with Crippen molar-refractivity contribution in [3.63, 3.8) is 0 Å². The molecule has 4 nitrogen and oxygen atoms in total. The van der Waals surface area contributed by atoms with Gasteiger partial charge in [-0.1, -0.05) is 102 Å². The van der Waals surface area contributed by atoms with Gasteiger partial charge in [0.05, 0.1) is 43.0 Å². The Kier molecular flexibility index (Phi) is 13.7. The van der Waals surface area contributed by atoms with Crippen LogP contribution >= 0.6 is 0 Å². The minimum atomic E-state index is -5.25. The molecule has 0 aliphatic carbocycles. The summed E-state index contributed by atoms with van der Waals surface area (Å²) in [6.07, 6.45) is -20.1. The second kappa shape index (κ2) is 18.7. The molecule has 0 bridgehead atoms. The summed E-state index contributed by atoms with van der Waals surface area (Å²) in [7, 11) is 4.09. The van der Waals surface area contributed by atoms with Gasteiger partial charge in [-0.25, -0.2) is 0 Å². The van der Waals surface area contributed by atoms with Crippen molar-refractivity contribution in [3.8, 4) is 44.9 Å². The molecule has 0 radical (unpaired) electrons. The minimum Gasteiger partial charge on any atom is -0.496 e. The van der Waals surface area contributed by atoms with Crippen molar-refractivity contribution in [2.24, 2.45) is 0 Å². The van der Waals surface area contributed by atoms with Crippen LogP contribution in [0, 0.1) is 0 Å². The maximum absolute atomic E-state index is 15.0. The third kappa shape index (κ3) is 9.65. The van der Waals surface area contributed by atoms with Gasteiger partial charge in [0, 0.05) is 53.3 Å². The highest BCUT2D eigenvalue weighted by molar-refractivity contribution is 5.91. The van der Waals surface area contributed by atoms with Gasteiger partial charge in [0.15, 0.2) is 5.60 Å². The molecule has 6 aromatic rings. The summed E-state index contributed by atoms with van der Waals surface area (Å²) in [4.78, 5) is 0. The van der Waals surface area contributed by atoms with Crippen molar-refractivity contribution in [2.45, 2.75) is 115 Å². The molecule has 16 heteroatoms. The predicted octanol–water partition coefficient (Wildman–Crippen LogP) is 17.0. The maximum Gasteiger partial charge on any atom is 0.416 e. The summed E-state index contributed by atoms with van der Waals surface area (Å²) < 4.78 is 199. The first-order valence-corrected chi connectivity index (χ1v) is 23.9. The lowest BCUT2D eigenvalue weighted by atomic mass is 9.76. The van der Waals surface area contributed by atoms with E-state index in [1.54, 1.807) is 53.7 Å². The Labute approximate surface area is 422 Å². The maximum atomic E-state index is 15.0. The number of halogens is 12. The fraction of sp³-hybridized carbons (Fsp3) is 0.379. The fourth-order valence-corrected chi connectivity index (χ4v) is 11.5. The van der Waals surface area contributed by atoms with Crippen LogP contribution in [0.15, 0.2) is 109 Å². The quantitative estimate of drug-likeness (QED) is 0.112. The third-order valence-electron chi connectivity index (χ3n) is 14.7. The zero-order valence-corrected chi connectivity index (χ0v) is 42.2. The molecule has 74 heavy (non-hydrogen) atoms. The molecule has 6 aromatic carbocycles. The Morgan fingerprint density at radius 2 is 0.784 bits per heavy atom. The molecule has 8 rings (SSSR count). The van der Waals surface area contributed by atoms with Crippen LogP contribution in [-0.2, 0) is 59.0 Å². The lowest BCUT2D eigenvalue weighted by Crippen LogP contribution is -2.60. The van der Waals surface area contributed by atoms with Crippen molar-refractivity contribution in [1.82, 2.24) is 0 Å². The van der Waals surface area contributed by atoms with Gasteiger partial charge in [-0.2, -0.15) is 52.7 Å². The molecule has 0 N–H and O–H groups in total. The van der Waals surface area contributed by atoms with E-state index in [4.69, 9.17) is 14.2 Å². The van der Waals surface area contributed by atoms with E-state index in [0.29, 0.717) is 59.4 Å². The van der Waals surface area contributed by atoms with Crippen LogP contribution < -0.4 is 9.47 Å². The van der Waals surface area contributed by atoms with Gasteiger partial charge >= 0.3 is 24.7 Å². The summed E-state index contributed by atoms with van der Waals surface area (Å²) in [6.45, 7) is 10.7. The Balaban J connectivity index is 1.66. The lowest BCUT2D eigenvalue weighted by molar-refractivity contribution is -0.970. The predicted molar refractivity (Wildman–Crippen MR) is 259 cm³/mol. The molecule has 2 aliphatic rings. The monoisotopic (exact) mass is 1040 g/mol. The van der Waals surface area contributed by atoms with Gasteiger partial charge in [0.2, 0.25) is 0 Å². The van der Waals surface area contributed by atoms with Crippen molar-refractivity contribution in [1.29, 1.82) is 0 Å². The lowest BCUT2D eigenvalue weighted by Gasteiger charge is -2.49. The highest BCUT2D eigenvalue weighted by Gasteiger charge is 2.58. The van der Waals surface area contributed by atoms with Crippen molar-refractivity contribution in [2.75, 3.05) is 27.9 Å². The SMILES string of the molecule is COc1c(C(C)(C)C)cc2c(c1-c1cc(C(F)(F)F)cc(C(F)(F)F)c1)C[N+]1(CCC[C@@H]1C(OC)(c1ccccc1)c1ccccc1)Cc1c-2cc(C(C)(C)C)c(OC)c1-c1cc(C(F)(F)F)cc(C(F)(F)F)c1. The standard InChI is InChI=1S/C58H56F12NO3/c1-52(2,3)45-29-41-42-30-46(53(4,5)6)51(73-8)49(34-25-39(57(65,66)67)28-40(26-34)58(68,69)70)44(42)32-71(22-16-21-47(71)54(74-9,35-17-12-10-13-18-35)36-19-14-11-15-20-36)31-43(41)48(50(45)72-7)33-23-37(55(59,60)61)27-38(24-33)56(62,63)64/h10-15,17-20,23-30,47H,16,21-22,31-32H2,1-9H3/q+1/t47-/m1/s1. The molecule has 1 fully saturated rings. The van der Waals surface area contributed by atoms with E-state index in [1.807, 2.05) is 60.7 Å². The van der Waals surface area contributed by atoms with Crippen molar-refractivity contribution < 1.29 is 71.4 Å². The van der Waals surface area contributed by atoms with E-state index in [9.17, 15) is 52.7 Å². The average molecular weight is 1040 g/mol. The zero-order valence-electron chi connectivity index (χ0n) is 42.2. The van der Waals surface area contributed by atoms with Gasteiger partial charge in [-0.15, -0.1) is 0 Å². The number of nitrogens with zero attached hydrogens (tertiary/aromatic N) is 1. The Bertz CT molecular complexity index is 2810. The van der Waals surface area contributed by atoms with Crippen LogP contribution in [0.25, 0.3) is 33.4 Å². The number of benzene rings is 6. The smallest absolute Gasteiger partial charge is 0.416 e. The molecule has 2 aliphatic heterocycles. The Morgan fingerprint density at radius 3 is 1.07 bits per heavy atom. The molecule has 394 valence electrons. The summed E-state index contributed by atoms with van der Waals surface area (Å²) in [5.74, 6) is -0.0229. The summed E-state index contributed by atoms with van der Waals surface area (Å²) >= 11 is 0. The fourth-order valence-electron chi connectivity index (χ4n) is 11.5. The van der Waals surface area contributed by atoms with Crippen LogP contribution in [0.5, 0.6) is 11.5 Å². The van der Waals surface area contributed by atoms with E-state index in [2.05, 4.69) is 0 Å². The molecule has 0 amide bonds. The first-order valence-electron chi connectivity index (χ1n) is 23.9. The molecule has 2 heterocycles. The third-order valence-corrected chi connectivity index (χ3v) is 14.7. The van der Waals surface area contributed by atoms with E-state index >= 15 is 0 Å². The number of alkyl halides is 12. The van der Waals surface area contributed by atoms with Crippen LogP contribution in [0.1, 0.15) is 110 Å². The Hall–Kier alpha value is -6.00. The molecule has 1 spiro atoms. The summed E-state index contributed by atoms with van der Waals surface area (Å²) in [5.41, 5.74) is -7.53. The van der Waals surface area contributed by atoms with Gasteiger partial charge in [-0.3, -0.25) is 0 Å². The van der Waals surface area contributed by atoms with Gasteiger partial charge in [0.1, 0.15) is 30.6 Å². The number of hydrogen-bond donors (Lipinski definition) is 0. The summed E-state index contributed by atoms with van der Waals surface area (Å²) in [5, 5.41) is 0. The normalized spacial score (nSPS) is 16.5. The zero-order chi connectivity index (χ0) is 54.4. The highest BCUT2D eigenvalue weighted by Crippen LogP contribution is 2.58. The van der Waals surface area contributed by atoms with Gasteiger partial charge in [-0.05, 0) is 92.7 Å². The van der Waals surface area contributed by atoms with Crippen LogP contribution in [-0.4, -0.2) is 38.4 Å². The molecule has 0 unspecified atom stereocenters. The first-order chi connectivity index (χ1) is 34.3. The second-order valence-electron chi connectivity index (χ2n) is 21.4. The number of hydrogen-bond acceptors (Lipinski definition) is 3. The first kappa shape index (κ1) is 54.3. The number of quaternary nitrogens is 1. The number of fused-ring (bicyclic) bond motifs is 3. The van der Waals surface area contributed by atoms with E-state index in [-0.39, 0.29) is 81.1 Å². The molecule has 1 saturated heterocycles. The number of ether oxygens (including phenoxy) is 3. The topological polar surface area (TPSA) is 27.7 Å². The van der Waals surface area contributed by atoms with Crippen molar-refractivity contribution in [3.05, 3.63) is 165 Å². The average Bonchev–Trinajstić information content (AvgIpc) is 3.66. The Morgan fingerprint density at radius 1 is 0.446 bits per heavy atom. The van der Waals surface area contributed by atoms with Crippen LogP contribution in [0.4, 0.5) is 52.7 Å². The van der Waals surface area contributed by atoms with E-state index < -0.39 is 80.6 Å². The minimum absolute atomic E-state index is 0.0114. The molecule has 0 saturated carbocycles. The largest absolute Gasteiger partial charge is 0.496 e. The highest BCUT2D eigenvalue weighted by atomic mass is 19.4.